The van der Waals surface area contributed by atoms with Crippen LogP contribution in [0, 0.1) is 19.8 Å². The summed E-state index contributed by atoms with van der Waals surface area (Å²) < 4.78 is 0. The van der Waals surface area contributed by atoms with Crippen LogP contribution in [0.4, 0.5) is 5.69 Å². The summed E-state index contributed by atoms with van der Waals surface area (Å²) >= 11 is 0. The van der Waals surface area contributed by atoms with Gasteiger partial charge in [-0.15, -0.1) is 0 Å². The Morgan fingerprint density at radius 3 is 2.36 bits per heavy atom. The second kappa shape index (κ2) is 8.01. The predicted molar refractivity (Wildman–Crippen MR) is 135 cm³/mol. The maximum atomic E-state index is 13.9. The van der Waals surface area contributed by atoms with Gasteiger partial charge in [0.25, 0.3) is 0 Å². The van der Waals surface area contributed by atoms with Crippen molar-refractivity contribution in [2.45, 2.75) is 38.8 Å². The molecule has 2 aliphatic carbocycles. The number of carbonyl (C=O) groups excluding carboxylic acids is 2. The summed E-state index contributed by atoms with van der Waals surface area (Å²) in [5, 5.41) is 45.4. The molecule has 0 radical (unpaired) electrons. The molecule has 0 unspecified atom stereocenters. The number of hydrogen-bond donors (Lipinski definition) is 5. The van der Waals surface area contributed by atoms with Crippen molar-refractivity contribution in [1.29, 1.82) is 0 Å². The Balaban J connectivity index is 1.77. The smallest absolute Gasteiger partial charge is 0.206 e. The monoisotopic (exact) mass is 486 g/mol. The third-order valence-corrected chi connectivity index (χ3v) is 7.54. The molecule has 0 amide bonds. The fraction of sp³-hybridized carbons (Fsp3) is 0.250. The first-order valence-electron chi connectivity index (χ1n) is 11.6. The molecule has 3 aromatic rings. The van der Waals surface area contributed by atoms with Crippen LogP contribution in [0.2, 0.25) is 0 Å². The molecule has 8 heteroatoms. The molecule has 0 bridgehead atoms. The zero-order chi connectivity index (χ0) is 26.1. The van der Waals surface area contributed by atoms with Crippen molar-refractivity contribution in [1.82, 2.24) is 0 Å². The lowest BCUT2D eigenvalue weighted by molar-refractivity contribution is -0.122. The number of ketones is 2. The van der Waals surface area contributed by atoms with Gasteiger partial charge in [0.05, 0.1) is 34.0 Å². The molecule has 0 spiro atoms. The molecule has 0 saturated heterocycles. The van der Waals surface area contributed by atoms with Crippen molar-refractivity contribution in [3.63, 3.8) is 0 Å². The molecule has 6 N–H and O–H groups in total. The van der Waals surface area contributed by atoms with Crippen LogP contribution >= 0.6 is 0 Å². The van der Waals surface area contributed by atoms with Crippen molar-refractivity contribution in [3.05, 3.63) is 76.1 Å². The second-order valence-electron chi connectivity index (χ2n) is 9.53. The molecule has 36 heavy (non-hydrogen) atoms. The molecule has 5 rings (SSSR count). The maximum Gasteiger partial charge on any atom is 0.206 e. The molecule has 2 aliphatic rings. The molecule has 3 atom stereocenters. The SMILES string of the molecule is CC(=Nc1ccccc1)C1=C(O)[C@@]2(O)C(=O)c3c(c(C)c4ccc(C)c(O)c4c3O)C[C@H]2[C@@H](N)C1=O. The topological polar surface area (TPSA) is 153 Å². The summed E-state index contributed by atoms with van der Waals surface area (Å²) in [5.41, 5.74) is 5.35. The average Bonchev–Trinajstić information content (AvgIpc) is 2.85. The number of nitrogens with zero attached hydrogens (tertiary/aromatic N) is 1. The molecule has 8 nitrogen and oxygen atoms in total. The van der Waals surface area contributed by atoms with Gasteiger partial charge in [-0.2, -0.15) is 0 Å². The van der Waals surface area contributed by atoms with Crippen LogP contribution in [0.1, 0.15) is 34.0 Å². The van der Waals surface area contributed by atoms with Crippen LogP contribution in [0.3, 0.4) is 0 Å². The Bertz CT molecular complexity index is 1540. The number of nitrogens with two attached hydrogens (primary N) is 1. The highest BCUT2D eigenvalue weighted by Crippen LogP contribution is 2.50. The number of hydrogen-bond acceptors (Lipinski definition) is 8. The number of rotatable bonds is 2. The Morgan fingerprint density at radius 1 is 1.03 bits per heavy atom. The van der Waals surface area contributed by atoms with Crippen molar-refractivity contribution >= 4 is 33.7 Å². The largest absolute Gasteiger partial charge is 0.508 e. The summed E-state index contributed by atoms with van der Waals surface area (Å²) in [6.45, 7) is 4.89. The normalized spacial score (nSPS) is 24.2. The van der Waals surface area contributed by atoms with Crippen LogP contribution in [-0.4, -0.2) is 49.3 Å². The van der Waals surface area contributed by atoms with E-state index in [0.717, 1.165) is 0 Å². The Kier molecular flexibility index (Phi) is 5.28. The average molecular weight is 487 g/mol. The number of benzene rings is 3. The molecule has 184 valence electrons. The number of aromatic hydroxyl groups is 2. The van der Waals surface area contributed by atoms with Gasteiger partial charge in [-0.1, -0.05) is 30.3 Å². The van der Waals surface area contributed by atoms with Gasteiger partial charge in [0, 0.05) is 5.92 Å². The number of Topliss-reactive ketones (excluding diaryl/α,β-unsaturated/α-hetero) is 2. The summed E-state index contributed by atoms with van der Waals surface area (Å²) in [6.07, 6.45) is -0.0410. The van der Waals surface area contributed by atoms with Crippen molar-refractivity contribution < 1.29 is 30.0 Å². The first-order chi connectivity index (χ1) is 17.0. The molecular formula is C28H26N2O6. The van der Waals surface area contributed by atoms with E-state index in [1.165, 1.54) is 6.92 Å². The number of carbonyl (C=O) groups is 2. The predicted octanol–water partition coefficient (Wildman–Crippen LogP) is 3.47. The first-order valence-corrected chi connectivity index (χ1v) is 11.6. The van der Waals surface area contributed by atoms with E-state index in [1.807, 2.05) is 0 Å². The third-order valence-electron chi connectivity index (χ3n) is 7.54. The van der Waals surface area contributed by atoms with Gasteiger partial charge in [-0.3, -0.25) is 14.6 Å². The van der Waals surface area contributed by atoms with Crippen molar-refractivity contribution in [2.75, 3.05) is 0 Å². The van der Waals surface area contributed by atoms with Gasteiger partial charge in [0.2, 0.25) is 5.78 Å². The number of aryl methyl sites for hydroxylation is 2. The van der Waals surface area contributed by atoms with Gasteiger partial charge < -0.3 is 26.2 Å². The number of phenolic OH excluding ortho intramolecular Hbond substituents is 2. The Labute approximate surface area is 207 Å². The van der Waals surface area contributed by atoms with E-state index < -0.39 is 40.6 Å². The number of aliphatic hydroxyl groups is 2. The standard InChI is InChI=1S/C28H26N2O6/c1-12-9-10-16-13(2)17-11-18-22(29)25(33)19(14(3)30-15-7-5-4-6-8-15)26(34)28(18,36)27(35)21(17)24(32)20(16)23(12)31/h4-10,18,22,31-32,34,36H,11,29H2,1-3H3/t18-,22+,28+/m0/s1. The van der Waals surface area contributed by atoms with Gasteiger partial charge in [-0.25, -0.2) is 0 Å². The van der Waals surface area contributed by atoms with Crippen LogP contribution in [0.25, 0.3) is 10.8 Å². The van der Waals surface area contributed by atoms with E-state index in [-0.39, 0.29) is 34.4 Å². The molecule has 0 fully saturated rings. The lowest BCUT2D eigenvalue weighted by atomic mass is 9.61. The van der Waals surface area contributed by atoms with Gasteiger partial charge in [-0.05, 0) is 61.4 Å². The number of aliphatic imine (C=N–C) groups is 1. The molecule has 3 aromatic carbocycles. The molecular weight excluding hydrogens is 460 g/mol. The van der Waals surface area contributed by atoms with Crippen LogP contribution in [0.5, 0.6) is 11.5 Å². The number of phenols is 2. The van der Waals surface area contributed by atoms with E-state index in [9.17, 15) is 30.0 Å². The van der Waals surface area contributed by atoms with E-state index in [1.54, 1.807) is 56.3 Å². The van der Waals surface area contributed by atoms with Crippen LogP contribution < -0.4 is 5.73 Å². The zero-order valence-corrected chi connectivity index (χ0v) is 20.0. The minimum Gasteiger partial charge on any atom is -0.508 e. The molecule has 0 saturated carbocycles. The zero-order valence-electron chi connectivity index (χ0n) is 20.0. The van der Waals surface area contributed by atoms with E-state index in [2.05, 4.69) is 4.99 Å². The number of aliphatic hydroxyl groups excluding tert-OH is 1. The van der Waals surface area contributed by atoms with Gasteiger partial charge >= 0.3 is 0 Å². The van der Waals surface area contributed by atoms with Crippen LogP contribution in [0.15, 0.2) is 58.8 Å². The fourth-order valence-electron chi connectivity index (χ4n) is 5.52. The first kappa shape index (κ1) is 23.7. The highest BCUT2D eigenvalue weighted by atomic mass is 16.3. The lowest BCUT2D eigenvalue weighted by Crippen LogP contribution is -2.63. The van der Waals surface area contributed by atoms with Crippen molar-refractivity contribution in [3.8, 4) is 11.5 Å². The van der Waals surface area contributed by atoms with Crippen molar-refractivity contribution in [2.24, 2.45) is 16.6 Å². The third kappa shape index (κ3) is 3.04. The quantitative estimate of drug-likeness (QED) is 0.348. The molecule has 0 aromatic heterocycles. The van der Waals surface area contributed by atoms with Crippen LogP contribution in [-0.2, 0) is 11.2 Å². The van der Waals surface area contributed by atoms with Gasteiger partial charge in [0.15, 0.2) is 11.4 Å². The van der Waals surface area contributed by atoms with E-state index >= 15 is 0 Å². The fourth-order valence-corrected chi connectivity index (χ4v) is 5.52. The Hall–Kier alpha value is -4.01. The second-order valence-corrected chi connectivity index (χ2v) is 9.53. The molecule has 0 aliphatic heterocycles. The maximum absolute atomic E-state index is 13.9. The van der Waals surface area contributed by atoms with E-state index in [0.29, 0.717) is 27.8 Å². The molecule has 0 heterocycles. The minimum absolute atomic E-state index is 0.0410. The van der Waals surface area contributed by atoms with Gasteiger partial charge in [0.1, 0.15) is 17.3 Å². The summed E-state index contributed by atoms with van der Waals surface area (Å²) in [5.74, 6) is -4.28. The lowest BCUT2D eigenvalue weighted by Gasteiger charge is -2.45. The summed E-state index contributed by atoms with van der Waals surface area (Å²) in [6, 6.07) is 10.8. The minimum atomic E-state index is -2.56. The summed E-state index contributed by atoms with van der Waals surface area (Å²) in [7, 11) is 0. The summed E-state index contributed by atoms with van der Waals surface area (Å²) in [4.78, 5) is 31.6. The highest BCUT2D eigenvalue weighted by molar-refractivity contribution is 6.27. The highest BCUT2D eigenvalue weighted by Gasteiger charge is 2.60. The number of para-hydroxylation sites is 1. The Morgan fingerprint density at radius 2 is 1.69 bits per heavy atom. The number of fused-ring (bicyclic) bond motifs is 3. The van der Waals surface area contributed by atoms with E-state index in [4.69, 9.17) is 5.73 Å².